The van der Waals surface area contributed by atoms with E-state index in [2.05, 4.69) is 10.3 Å². The number of carbonyl (C=O) groups excluding carboxylic acids is 1. The Morgan fingerprint density at radius 1 is 1.37 bits per heavy atom. The van der Waals surface area contributed by atoms with Gasteiger partial charge < -0.3 is 14.8 Å². The molecular weight excluding hydrogens is 248 g/mol. The lowest BCUT2D eigenvalue weighted by Crippen LogP contribution is -2.09. The van der Waals surface area contributed by atoms with Gasteiger partial charge in [0, 0.05) is 12.3 Å². The Bertz CT molecular complexity index is 617. The van der Waals surface area contributed by atoms with Crippen LogP contribution in [0.4, 0.5) is 5.69 Å². The third-order valence-corrected chi connectivity index (χ3v) is 2.19. The van der Waals surface area contributed by atoms with E-state index in [1.807, 2.05) is 0 Å². The first-order chi connectivity index (χ1) is 9.15. The number of aromatic carboxylic acids is 1. The molecule has 0 aliphatic heterocycles. The molecule has 2 N–H and O–H groups in total. The number of pyridine rings is 1. The van der Waals surface area contributed by atoms with Gasteiger partial charge in [0.15, 0.2) is 0 Å². The number of hydrogen-bond acceptors (Lipinski definition) is 4. The molecule has 19 heavy (non-hydrogen) atoms. The topological polar surface area (TPSA) is 92.4 Å². The van der Waals surface area contributed by atoms with Gasteiger partial charge in [-0.2, -0.15) is 0 Å². The minimum absolute atomic E-state index is 0.00724. The molecule has 0 bridgehead atoms. The lowest BCUT2D eigenvalue weighted by Gasteiger charge is -2.02. The minimum atomic E-state index is -1.10. The maximum Gasteiger partial charge on any atom is 0.337 e. The van der Waals surface area contributed by atoms with Crippen molar-refractivity contribution in [2.75, 3.05) is 5.32 Å². The molecule has 0 fully saturated rings. The van der Waals surface area contributed by atoms with Gasteiger partial charge in [0.2, 0.25) is 5.91 Å². The largest absolute Gasteiger partial charge is 0.478 e. The summed E-state index contributed by atoms with van der Waals surface area (Å²) in [6, 6.07) is 4.74. The fourth-order valence-electron chi connectivity index (χ4n) is 1.35. The molecule has 2 heterocycles. The molecule has 0 saturated carbocycles. The molecule has 0 spiro atoms. The quantitative estimate of drug-likeness (QED) is 0.818. The molecule has 6 nitrogen and oxygen atoms in total. The molecule has 0 aromatic carbocycles. The van der Waals surface area contributed by atoms with Gasteiger partial charge >= 0.3 is 5.97 Å². The Hall–Kier alpha value is -2.89. The van der Waals surface area contributed by atoms with Crippen LogP contribution in [0.25, 0.3) is 6.08 Å². The highest BCUT2D eigenvalue weighted by atomic mass is 16.4. The fraction of sp³-hybridized carbons (Fsp3) is 0. The number of amides is 1. The molecule has 0 radical (unpaired) electrons. The van der Waals surface area contributed by atoms with Gasteiger partial charge in [-0.3, -0.25) is 9.78 Å². The number of nitrogens with zero attached hydrogens (tertiary/aromatic N) is 1. The van der Waals surface area contributed by atoms with E-state index in [0.29, 0.717) is 11.4 Å². The monoisotopic (exact) mass is 258 g/mol. The lowest BCUT2D eigenvalue weighted by atomic mass is 10.2. The normalized spacial score (nSPS) is 10.5. The summed E-state index contributed by atoms with van der Waals surface area (Å²) in [6.07, 6.45) is 6.86. The Morgan fingerprint density at radius 2 is 2.21 bits per heavy atom. The zero-order valence-electron chi connectivity index (χ0n) is 9.74. The van der Waals surface area contributed by atoms with Crippen LogP contribution >= 0.6 is 0 Å². The first-order valence-corrected chi connectivity index (χ1v) is 5.36. The molecule has 0 unspecified atom stereocenters. The van der Waals surface area contributed by atoms with Crippen LogP contribution in [0.3, 0.4) is 0 Å². The summed E-state index contributed by atoms with van der Waals surface area (Å²) in [6.45, 7) is 0. The van der Waals surface area contributed by atoms with Gasteiger partial charge in [-0.15, -0.1) is 0 Å². The average molecular weight is 258 g/mol. The Morgan fingerprint density at radius 3 is 2.89 bits per heavy atom. The van der Waals surface area contributed by atoms with Crippen LogP contribution < -0.4 is 5.32 Å². The van der Waals surface area contributed by atoms with Crippen LogP contribution in [0, 0.1) is 0 Å². The molecule has 0 atom stereocenters. The van der Waals surface area contributed by atoms with Gasteiger partial charge in [0.25, 0.3) is 0 Å². The first kappa shape index (κ1) is 12.6. The van der Waals surface area contributed by atoms with Crippen molar-refractivity contribution in [2.24, 2.45) is 0 Å². The molecule has 1 amide bonds. The molecule has 6 heteroatoms. The highest BCUT2D eigenvalue weighted by Crippen LogP contribution is 2.09. The Labute approximate surface area is 108 Å². The van der Waals surface area contributed by atoms with Crippen LogP contribution in [0.1, 0.15) is 16.1 Å². The third kappa shape index (κ3) is 3.53. The van der Waals surface area contributed by atoms with Crippen LogP contribution in [0.15, 0.2) is 47.3 Å². The number of rotatable bonds is 4. The maximum atomic E-state index is 11.6. The molecular formula is C13H10N2O4. The van der Waals surface area contributed by atoms with Crippen molar-refractivity contribution < 1.29 is 19.1 Å². The fourth-order valence-corrected chi connectivity index (χ4v) is 1.35. The zero-order chi connectivity index (χ0) is 13.7. The smallest absolute Gasteiger partial charge is 0.337 e. The van der Waals surface area contributed by atoms with Crippen molar-refractivity contribution in [3.05, 3.63) is 54.3 Å². The van der Waals surface area contributed by atoms with Gasteiger partial charge in [0.1, 0.15) is 5.76 Å². The third-order valence-electron chi connectivity index (χ3n) is 2.19. The summed E-state index contributed by atoms with van der Waals surface area (Å²) in [5.74, 6) is -0.956. The number of carboxylic acid groups (broad SMARTS) is 1. The summed E-state index contributed by atoms with van der Waals surface area (Å²) in [5.41, 5.74) is 0.321. The van der Waals surface area contributed by atoms with E-state index in [1.165, 1.54) is 36.9 Å². The maximum absolute atomic E-state index is 11.6. The van der Waals surface area contributed by atoms with E-state index in [-0.39, 0.29) is 5.56 Å². The Balaban J connectivity index is 2.03. The second kappa shape index (κ2) is 5.63. The van der Waals surface area contributed by atoms with Gasteiger partial charge in [-0.25, -0.2) is 4.79 Å². The predicted molar refractivity (Wildman–Crippen MR) is 67.6 cm³/mol. The SMILES string of the molecule is O=C(C=Cc1ccco1)Nc1cncc(C(=O)O)c1. The molecule has 2 aromatic rings. The van der Waals surface area contributed by atoms with Crippen molar-refractivity contribution in [3.8, 4) is 0 Å². The van der Waals surface area contributed by atoms with E-state index in [1.54, 1.807) is 12.1 Å². The van der Waals surface area contributed by atoms with Crippen molar-refractivity contribution >= 4 is 23.6 Å². The van der Waals surface area contributed by atoms with E-state index < -0.39 is 11.9 Å². The van der Waals surface area contributed by atoms with Crippen molar-refractivity contribution in [3.63, 3.8) is 0 Å². The van der Waals surface area contributed by atoms with E-state index in [4.69, 9.17) is 9.52 Å². The first-order valence-electron chi connectivity index (χ1n) is 5.36. The van der Waals surface area contributed by atoms with Crippen LogP contribution in [0.2, 0.25) is 0 Å². The van der Waals surface area contributed by atoms with Crippen LogP contribution in [-0.2, 0) is 4.79 Å². The predicted octanol–water partition coefficient (Wildman–Crippen LogP) is 2.02. The van der Waals surface area contributed by atoms with Gasteiger partial charge in [-0.05, 0) is 24.3 Å². The number of carboxylic acids is 1. The Kier molecular flexibility index (Phi) is 3.72. The van der Waals surface area contributed by atoms with Crippen LogP contribution in [0.5, 0.6) is 0 Å². The van der Waals surface area contributed by atoms with Gasteiger partial charge in [0.05, 0.1) is 23.7 Å². The molecule has 2 aromatic heterocycles. The number of nitrogens with one attached hydrogen (secondary N) is 1. The second-order valence-corrected chi connectivity index (χ2v) is 3.61. The molecule has 0 aliphatic carbocycles. The number of carbonyl (C=O) groups is 2. The summed E-state index contributed by atoms with van der Waals surface area (Å²) < 4.78 is 5.03. The number of anilines is 1. The van der Waals surface area contributed by atoms with Crippen molar-refractivity contribution in [1.29, 1.82) is 0 Å². The molecule has 0 aliphatic rings. The van der Waals surface area contributed by atoms with Crippen molar-refractivity contribution in [1.82, 2.24) is 4.98 Å². The second-order valence-electron chi connectivity index (χ2n) is 3.61. The summed E-state index contributed by atoms with van der Waals surface area (Å²) >= 11 is 0. The minimum Gasteiger partial charge on any atom is -0.478 e. The highest BCUT2D eigenvalue weighted by molar-refractivity contribution is 6.02. The van der Waals surface area contributed by atoms with E-state index >= 15 is 0 Å². The van der Waals surface area contributed by atoms with Crippen LogP contribution in [-0.4, -0.2) is 22.0 Å². The highest BCUT2D eigenvalue weighted by Gasteiger charge is 2.05. The average Bonchev–Trinajstić information content (AvgIpc) is 2.90. The van der Waals surface area contributed by atoms with E-state index in [9.17, 15) is 9.59 Å². The standard InChI is InChI=1S/C13H10N2O4/c16-12(4-3-11-2-1-5-19-11)15-10-6-9(13(17)18)7-14-8-10/h1-8H,(H,15,16)(H,17,18). The number of hydrogen-bond donors (Lipinski definition) is 2. The summed E-state index contributed by atoms with van der Waals surface area (Å²) in [7, 11) is 0. The summed E-state index contributed by atoms with van der Waals surface area (Å²) in [5, 5.41) is 11.3. The number of aromatic nitrogens is 1. The molecule has 96 valence electrons. The number of furan rings is 1. The van der Waals surface area contributed by atoms with E-state index in [0.717, 1.165) is 0 Å². The van der Waals surface area contributed by atoms with Gasteiger partial charge in [-0.1, -0.05) is 0 Å². The lowest BCUT2D eigenvalue weighted by molar-refractivity contribution is -0.111. The molecule has 2 rings (SSSR count). The molecule has 0 saturated heterocycles. The van der Waals surface area contributed by atoms with Crippen molar-refractivity contribution in [2.45, 2.75) is 0 Å². The zero-order valence-corrected chi connectivity index (χ0v) is 9.74. The summed E-state index contributed by atoms with van der Waals surface area (Å²) in [4.78, 5) is 26.0.